The molecule has 0 fully saturated rings. The van der Waals surface area contributed by atoms with Crippen LogP contribution < -0.4 is 15.8 Å². The van der Waals surface area contributed by atoms with Crippen molar-refractivity contribution >= 4 is 5.84 Å². The van der Waals surface area contributed by atoms with Crippen molar-refractivity contribution < 1.29 is 9.94 Å². The Labute approximate surface area is 123 Å². The summed E-state index contributed by atoms with van der Waals surface area (Å²) in [6.07, 6.45) is 1.61. The fourth-order valence-electron chi connectivity index (χ4n) is 1.84. The second-order valence-corrected chi connectivity index (χ2v) is 4.33. The zero-order chi connectivity index (χ0) is 14.9. The first-order valence-corrected chi connectivity index (χ1v) is 6.61. The topological polar surface area (TPSA) is 92.8 Å². The number of aromatic nitrogens is 1. The van der Waals surface area contributed by atoms with E-state index >= 15 is 0 Å². The van der Waals surface area contributed by atoms with Crippen molar-refractivity contribution in [2.45, 2.75) is 6.54 Å². The molecule has 6 heteroatoms. The van der Waals surface area contributed by atoms with Gasteiger partial charge in [-0.15, -0.1) is 0 Å². The molecule has 1 aromatic carbocycles. The predicted octanol–water partition coefficient (Wildman–Crippen LogP) is 1.34. The Bertz CT molecular complexity index is 587. The molecule has 0 saturated heterocycles. The van der Waals surface area contributed by atoms with Crippen LogP contribution >= 0.6 is 0 Å². The Morgan fingerprint density at radius 1 is 1.24 bits per heavy atom. The van der Waals surface area contributed by atoms with Gasteiger partial charge in [-0.1, -0.05) is 29.4 Å². The van der Waals surface area contributed by atoms with E-state index in [1.165, 1.54) is 0 Å². The first-order chi connectivity index (χ1) is 10.3. The lowest BCUT2D eigenvalue weighted by Gasteiger charge is -2.09. The highest BCUT2D eigenvalue weighted by atomic mass is 16.5. The van der Waals surface area contributed by atoms with Crippen LogP contribution in [0.4, 0.5) is 0 Å². The monoisotopic (exact) mass is 286 g/mol. The highest BCUT2D eigenvalue weighted by Gasteiger charge is 2.07. The quantitative estimate of drug-likeness (QED) is 0.235. The summed E-state index contributed by atoms with van der Waals surface area (Å²) in [4.78, 5) is 4.11. The van der Waals surface area contributed by atoms with E-state index in [1.54, 1.807) is 6.20 Å². The highest BCUT2D eigenvalue weighted by Crippen LogP contribution is 2.08. The van der Waals surface area contributed by atoms with Crippen LogP contribution in [0, 0.1) is 0 Å². The van der Waals surface area contributed by atoms with Gasteiger partial charge in [0.25, 0.3) is 0 Å². The number of ether oxygens (including phenoxy) is 1. The maximum Gasteiger partial charge on any atom is 0.189 e. The third-order valence-corrected chi connectivity index (χ3v) is 2.85. The van der Waals surface area contributed by atoms with Crippen LogP contribution in [0.15, 0.2) is 53.8 Å². The molecule has 21 heavy (non-hydrogen) atoms. The van der Waals surface area contributed by atoms with Gasteiger partial charge in [0.15, 0.2) is 5.84 Å². The molecule has 0 unspecified atom stereocenters. The van der Waals surface area contributed by atoms with E-state index in [9.17, 15) is 0 Å². The largest absolute Gasteiger partial charge is 0.492 e. The van der Waals surface area contributed by atoms with Gasteiger partial charge in [0.05, 0.1) is 0 Å². The standard InChI is InChI=1S/C15H18N4O2/c16-15(19-20)14-12(5-4-8-18-14)11-17-9-10-21-13-6-2-1-3-7-13/h1-8,17,20H,9-11H2,(H2,16,19). The van der Waals surface area contributed by atoms with Gasteiger partial charge in [0, 0.05) is 19.3 Å². The second kappa shape index (κ2) is 7.86. The van der Waals surface area contributed by atoms with Crippen molar-refractivity contribution in [3.8, 4) is 5.75 Å². The maximum atomic E-state index is 8.73. The molecule has 0 atom stereocenters. The first-order valence-electron chi connectivity index (χ1n) is 6.61. The number of amidine groups is 1. The summed E-state index contributed by atoms with van der Waals surface area (Å²) in [6, 6.07) is 13.3. The molecule has 2 aromatic rings. The number of nitrogens with one attached hydrogen (secondary N) is 1. The molecule has 6 nitrogen and oxygen atoms in total. The SMILES string of the molecule is NC(=NO)c1ncccc1CNCCOc1ccccc1. The summed E-state index contributed by atoms with van der Waals surface area (Å²) in [5.74, 6) is 0.853. The summed E-state index contributed by atoms with van der Waals surface area (Å²) >= 11 is 0. The van der Waals surface area contributed by atoms with Gasteiger partial charge in [-0.2, -0.15) is 0 Å². The van der Waals surface area contributed by atoms with Crippen LogP contribution in [-0.2, 0) is 6.54 Å². The van der Waals surface area contributed by atoms with Gasteiger partial charge in [0.2, 0.25) is 0 Å². The number of nitrogens with zero attached hydrogens (tertiary/aromatic N) is 2. The number of pyridine rings is 1. The normalized spacial score (nSPS) is 11.3. The number of para-hydroxylation sites is 1. The number of benzene rings is 1. The molecular formula is C15H18N4O2. The Balaban J connectivity index is 1.79. The summed E-state index contributed by atoms with van der Waals surface area (Å²) in [5, 5.41) is 14.9. The Morgan fingerprint density at radius 2 is 2.05 bits per heavy atom. The molecule has 0 aliphatic heterocycles. The lowest BCUT2D eigenvalue weighted by atomic mass is 10.2. The molecule has 0 spiro atoms. The van der Waals surface area contributed by atoms with Gasteiger partial charge >= 0.3 is 0 Å². The third-order valence-electron chi connectivity index (χ3n) is 2.85. The predicted molar refractivity (Wildman–Crippen MR) is 80.4 cm³/mol. The number of rotatable bonds is 7. The van der Waals surface area contributed by atoms with Gasteiger partial charge in [-0.3, -0.25) is 4.98 Å². The summed E-state index contributed by atoms with van der Waals surface area (Å²) in [5.41, 5.74) is 6.94. The number of hydrogen-bond acceptors (Lipinski definition) is 5. The maximum absolute atomic E-state index is 8.73. The molecule has 0 amide bonds. The average Bonchev–Trinajstić information content (AvgIpc) is 2.55. The van der Waals surface area contributed by atoms with Gasteiger partial charge in [0.1, 0.15) is 18.1 Å². The van der Waals surface area contributed by atoms with E-state index in [0.717, 1.165) is 11.3 Å². The number of oxime groups is 1. The van der Waals surface area contributed by atoms with Crippen molar-refractivity contribution in [3.05, 3.63) is 59.9 Å². The Hall–Kier alpha value is -2.60. The Kier molecular flexibility index (Phi) is 5.54. The Morgan fingerprint density at radius 3 is 2.81 bits per heavy atom. The van der Waals surface area contributed by atoms with Crippen LogP contribution in [0.2, 0.25) is 0 Å². The van der Waals surface area contributed by atoms with Gasteiger partial charge in [-0.05, 0) is 23.8 Å². The second-order valence-electron chi connectivity index (χ2n) is 4.33. The molecule has 1 heterocycles. The van der Waals surface area contributed by atoms with Crippen LogP contribution in [0.5, 0.6) is 5.75 Å². The fraction of sp³-hybridized carbons (Fsp3) is 0.200. The van der Waals surface area contributed by atoms with Crippen LogP contribution in [0.25, 0.3) is 0 Å². The van der Waals surface area contributed by atoms with Crippen molar-refractivity contribution in [3.63, 3.8) is 0 Å². The van der Waals surface area contributed by atoms with Crippen LogP contribution in [0.3, 0.4) is 0 Å². The molecule has 4 N–H and O–H groups in total. The first kappa shape index (κ1) is 14.8. The molecule has 0 bridgehead atoms. The summed E-state index contributed by atoms with van der Waals surface area (Å²) in [6.45, 7) is 1.81. The minimum absolute atomic E-state index is 0.00735. The van der Waals surface area contributed by atoms with Crippen molar-refractivity contribution in [1.82, 2.24) is 10.3 Å². The molecule has 0 aliphatic carbocycles. The van der Waals surface area contributed by atoms with E-state index in [0.29, 0.717) is 25.4 Å². The van der Waals surface area contributed by atoms with E-state index in [1.807, 2.05) is 42.5 Å². The lowest BCUT2D eigenvalue weighted by Crippen LogP contribution is -2.24. The zero-order valence-corrected chi connectivity index (χ0v) is 11.6. The molecule has 2 rings (SSSR count). The molecule has 0 radical (unpaired) electrons. The van der Waals surface area contributed by atoms with Crippen LogP contribution in [0.1, 0.15) is 11.3 Å². The molecule has 1 aromatic heterocycles. The van der Waals surface area contributed by atoms with E-state index in [2.05, 4.69) is 15.5 Å². The number of nitrogens with two attached hydrogens (primary N) is 1. The lowest BCUT2D eigenvalue weighted by molar-refractivity contribution is 0.313. The molecule has 0 aliphatic rings. The van der Waals surface area contributed by atoms with Crippen molar-refractivity contribution in [2.75, 3.05) is 13.2 Å². The van der Waals surface area contributed by atoms with E-state index < -0.39 is 0 Å². The fourth-order valence-corrected chi connectivity index (χ4v) is 1.84. The minimum Gasteiger partial charge on any atom is -0.492 e. The minimum atomic E-state index is 0.00735. The molecular weight excluding hydrogens is 268 g/mol. The third kappa shape index (κ3) is 4.47. The molecule has 0 saturated carbocycles. The zero-order valence-electron chi connectivity index (χ0n) is 11.6. The van der Waals surface area contributed by atoms with Crippen molar-refractivity contribution in [1.29, 1.82) is 0 Å². The van der Waals surface area contributed by atoms with E-state index in [4.69, 9.17) is 15.7 Å². The van der Waals surface area contributed by atoms with Crippen molar-refractivity contribution in [2.24, 2.45) is 10.9 Å². The highest BCUT2D eigenvalue weighted by molar-refractivity contribution is 5.96. The average molecular weight is 286 g/mol. The summed E-state index contributed by atoms with van der Waals surface area (Å²) in [7, 11) is 0. The van der Waals surface area contributed by atoms with Gasteiger partial charge in [-0.25, -0.2) is 0 Å². The van der Waals surface area contributed by atoms with Crippen LogP contribution in [-0.4, -0.2) is 29.2 Å². The molecule has 110 valence electrons. The van der Waals surface area contributed by atoms with Gasteiger partial charge < -0.3 is 21.0 Å². The smallest absolute Gasteiger partial charge is 0.189 e. The number of hydrogen-bond donors (Lipinski definition) is 3. The van der Waals surface area contributed by atoms with E-state index in [-0.39, 0.29) is 5.84 Å². The summed E-state index contributed by atoms with van der Waals surface area (Å²) < 4.78 is 5.58.